The maximum atomic E-state index is 11.3. The van der Waals surface area contributed by atoms with Crippen LogP contribution in [0.15, 0.2) is 48.5 Å². The molecule has 5 nitrogen and oxygen atoms in total. The summed E-state index contributed by atoms with van der Waals surface area (Å²) >= 11 is 0. The van der Waals surface area contributed by atoms with Crippen molar-refractivity contribution in [1.29, 1.82) is 0 Å². The van der Waals surface area contributed by atoms with Crippen LogP contribution in [-0.2, 0) is 0 Å². The van der Waals surface area contributed by atoms with Crippen molar-refractivity contribution in [1.82, 2.24) is 4.98 Å². The average molecular weight is 268 g/mol. The van der Waals surface area contributed by atoms with E-state index in [1.165, 1.54) is 0 Å². The van der Waals surface area contributed by atoms with Crippen LogP contribution in [0.1, 0.15) is 10.5 Å². The van der Waals surface area contributed by atoms with Gasteiger partial charge in [0.05, 0.1) is 5.69 Å². The molecular weight excluding hydrogens is 256 g/mol. The van der Waals surface area contributed by atoms with Gasteiger partial charge in [0.2, 0.25) is 0 Å². The lowest BCUT2D eigenvalue weighted by Gasteiger charge is -2.08. The quantitative estimate of drug-likeness (QED) is 0.636. The topological polar surface area (TPSA) is 88.3 Å². The molecular formula is C15H12N2O3. The number of nitrogens with two attached hydrogens (primary N) is 1. The number of rotatable bonds is 3. The molecule has 1 aromatic heterocycles. The number of anilines is 1. The molecule has 4 N–H and O–H groups in total. The first-order valence-electron chi connectivity index (χ1n) is 6.03. The van der Waals surface area contributed by atoms with Crippen molar-refractivity contribution in [2.45, 2.75) is 0 Å². The van der Waals surface area contributed by atoms with Crippen LogP contribution in [0.3, 0.4) is 0 Å². The second kappa shape index (κ2) is 4.62. The van der Waals surface area contributed by atoms with E-state index in [0.717, 1.165) is 0 Å². The Morgan fingerprint density at radius 3 is 2.55 bits per heavy atom. The number of nitrogen functional groups attached to an aromatic ring is 1. The number of hydrogen-bond donors (Lipinski definition) is 3. The molecule has 20 heavy (non-hydrogen) atoms. The number of benzene rings is 2. The number of hydrogen-bond acceptors (Lipinski definition) is 3. The van der Waals surface area contributed by atoms with Crippen LogP contribution in [0.4, 0.5) is 5.69 Å². The number of aromatic carboxylic acids is 1. The Bertz CT molecular complexity index is 793. The Balaban J connectivity index is 2.17. The normalized spacial score (nSPS) is 10.6. The van der Waals surface area contributed by atoms with Crippen LogP contribution in [0.5, 0.6) is 11.5 Å². The van der Waals surface area contributed by atoms with Gasteiger partial charge in [-0.2, -0.15) is 0 Å². The van der Waals surface area contributed by atoms with Gasteiger partial charge in [0.1, 0.15) is 5.75 Å². The van der Waals surface area contributed by atoms with Crippen molar-refractivity contribution >= 4 is 22.6 Å². The maximum Gasteiger partial charge on any atom is 0.356 e. The highest BCUT2D eigenvalue weighted by Gasteiger charge is 2.19. The number of ether oxygens (including phenoxy) is 1. The van der Waals surface area contributed by atoms with Crippen LogP contribution < -0.4 is 10.5 Å². The van der Waals surface area contributed by atoms with Crippen molar-refractivity contribution in [2.24, 2.45) is 0 Å². The van der Waals surface area contributed by atoms with Crippen molar-refractivity contribution < 1.29 is 14.6 Å². The zero-order valence-electron chi connectivity index (χ0n) is 10.5. The minimum Gasteiger partial charge on any atom is -0.476 e. The predicted octanol–water partition coefficient (Wildman–Crippen LogP) is 3.24. The molecule has 0 aliphatic heterocycles. The van der Waals surface area contributed by atoms with Gasteiger partial charge in [0, 0.05) is 10.9 Å². The predicted molar refractivity (Wildman–Crippen MR) is 76.2 cm³/mol. The summed E-state index contributed by atoms with van der Waals surface area (Å²) in [5.41, 5.74) is 6.99. The first kappa shape index (κ1) is 12.1. The first-order valence-corrected chi connectivity index (χ1v) is 6.03. The molecule has 0 radical (unpaired) electrons. The van der Waals surface area contributed by atoms with Gasteiger partial charge < -0.3 is 20.6 Å². The van der Waals surface area contributed by atoms with E-state index in [0.29, 0.717) is 22.3 Å². The highest BCUT2D eigenvalue weighted by Crippen LogP contribution is 2.35. The minimum atomic E-state index is -1.08. The summed E-state index contributed by atoms with van der Waals surface area (Å²) in [5.74, 6) is -0.378. The standard InChI is InChI=1S/C15H12N2O3/c16-10-6-2-4-8-12(10)20-14-9-5-1-3-7-11(9)17-13(14)15(18)19/h1-8,17H,16H2,(H,18,19). The van der Waals surface area contributed by atoms with E-state index in [9.17, 15) is 9.90 Å². The molecule has 0 aliphatic rings. The Morgan fingerprint density at radius 1 is 1.10 bits per heavy atom. The van der Waals surface area contributed by atoms with Gasteiger partial charge in [0.25, 0.3) is 0 Å². The van der Waals surface area contributed by atoms with E-state index in [4.69, 9.17) is 10.5 Å². The molecule has 0 bridgehead atoms. The van der Waals surface area contributed by atoms with Crippen LogP contribution >= 0.6 is 0 Å². The van der Waals surface area contributed by atoms with Crippen LogP contribution in [0, 0.1) is 0 Å². The zero-order chi connectivity index (χ0) is 14.1. The van der Waals surface area contributed by atoms with Crippen LogP contribution in [-0.4, -0.2) is 16.1 Å². The van der Waals surface area contributed by atoms with Gasteiger partial charge in [-0.15, -0.1) is 0 Å². The lowest BCUT2D eigenvalue weighted by Crippen LogP contribution is -2.00. The summed E-state index contributed by atoms with van der Waals surface area (Å²) in [5, 5.41) is 9.97. The Labute approximate surface area is 114 Å². The molecule has 3 rings (SSSR count). The Hall–Kier alpha value is -2.95. The molecule has 0 aliphatic carbocycles. The monoisotopic (exact) mass is 268 g/mol. The highest BCUT2D eigenvalue weighted by molar-refractivity contribution is 6.00. The summed E-state index contributed by atoms with van der Waals surface area (Å²) in [6, 6.07) is 14.2. The van der Waals surface area contributed by atoms with Crippen molar-refractivity contribution in [3.05, 3.63) is 54.2 Å². The molecule has 100 valence electrons. The number of fused-ring (bicyclic) bond motifs is 1. The van der Waals surface area contributed by atoms with Crippen molar-refractivity contribution in [3.8, 4) is 11.5 Å². The highest BCUT2D eigenvalue weighted by atomic mass is 16.5. The molecule has 0 atom stereocenters. The fourth-order valence-electron chi connectivity index (χ4n) is 2.06. The first-order chi connectivity index (χ1) is 9.66. The number of carboxylic acid groups (broad SMARTS) is 1. The summed E-state index contributed by atoms with van der Waals surface area (Å²) in [4.78, 5) is 14.2. The second-order valence-electron chi connectivity index (χ2n) is 4.32. The third-order valence-electron chi connectivity index (χ3n) is 3.00. The molecule has 0 spiro atoms. The number of para-hydroxylation sites is 3. The van der Waals surface area contributed by atoms with Crippen molar-refractivity contribution in [3.63, 3.8) is 0 Å². The third-order valence-corrected chi connectivity index (χ3v) is 3.00. The summed E-state index contributed by atoms with van der Waals surface area (Å²) in [6.45, 7) is 0. The number of aromatic nitrogens is 1. The van der Waals surface area contributed by atoms with Crippen LogP contribution in [0.25, 0.3) is 10.9 Å². The molecule has 2 aromatic carbocycles. The fourth-order valence-corrected chi connectivity index (χ4v) is 2.06. The maximum absolute atomic E-state index is 11.3. The Morgan fingerprint density at radius 2 is 1.80 bits per heavy atom. The van der Waals surface area contributed by atoms with Gasteiger partial charge in [-0.1, -0.05) is 24.3 Å². The molecule has 0 unspecified atom stereocenters. The summed E-state index contributed by atoms with van der Waals surface area (Å²) in [6.07, 6.45) is 0. The van der Waals surface area contributed by atoms with E-state index < -0.39 is 5.97 Å². The number of carbonyl (C=O) groups is 1. The van der Waals surface area contributed by atoms with E-state index in [1.807, 2.05) is 12.1 Å². The van der Waals surface area contributed by atoms with Crippen LogP contribution in [0.2, 0.25) is 0 Å². The lowest BCUT2D eigenvalue weighted by atomic mass is 10.2. The van der Waals surface area contributed by atoms with Gasteiger partial charge >= 0.3 is 5.97 Å². The molecule has 1 heterocycles. The van der Waals surface area contributed by atoms with E-state index >= 15 is 0 Å². The number of aromatic amines is 1. The zero-order valence-corrected chi connectivity index (χ0v) is 10.5. The molecule has 5 heteroatoms. The lowest BCUT2D eigenvalue weighted by molar-refractivity contribution is 0.0689. The smallest absolute Gasteiger partial charge is 0.356 e. The van der Waals surface area contributed by atoms with E-state index in [-0.39, 0.29) is 11.4 Å². The largest absolute Gasteiger partial charge is 0.476 e. The average Bonchev–Trinajstić information content (AvgIpc) is 2.81. The van der Waals surface area contributed by atoms with E-state index in [1.54, 1.807) is 36.4 Å². The molecule has 0 fully saturated rings. The third kappa shape index (κ3) is 1.95. The van der Waals surface area contributed by atoms with Gasteiger partial charge in [-0.05, 0) is 24.3 Å². The Kier molecular flexibility index (Phi) is 2.80. The van der Waals surface area contributed by atoms with Gasteiger partial charge in [-0.3, -0.25) is 0 Å². The summed E-state index contributed by atoms with van der Waals surface area (Å²) in [7, 11) is 0. The van der Waals surface area contributed by atoms with Gasteiger partial charge in [0.15, 0.2) is 11.4 Å². The number of H-pyrrole nitrogens is 1. The number of carboxylic acids is 1. The summed E-state index contributed by atoms with van der Waals surface area (Å²) < 4.78 is 5.72. The molecule has 3 aromatic rings. The van der Waals surface area contributed by atoms with Gasteiger partial charge in [-0.25, -0.2) is 4.79 Å². The number of nitrogens with one attached hydrogen (secondary N) is 1. The molecule has 0 amide bonds. The fraction of sp³-hybridized carbons (Fsp3) is 0. The van der Waals surface area contributed by atoms with Crippen molar-refractivity contribution in [2.75, 3.05) is 5.73 Å². The van der Waals surface area contributed by atoms with E-state index in [2.05, 4.69) is 4.98 Å². The second-order valence-corrected chi connectivity index (χ2v) is 4.32. The minimum absolute atomic E-state index is 0.00875. The SMILES string of the molecule is Nc1ccccc1Oc1c(C(=O)O)[nH]c2ccccc12. The molecule has 0 saturated carbocycles. The molecule has 0 saturated heterocycles.